The quantitative estimate of drug-likeness (QED) is 0.285. The molecule has 1 aliphatic rings. The lowest BCUT2D eigenvalue weighted by Gasteiger charge is -2.31. The van der Waals surface area contributed by atoms with Crippen molar-refractivity contribution in [1.29, 1.82) is 0 Å². The second-order valence-corrected chi connectivity index (χ2v) is 10.2. The van der Waals surface area contributed by atoms with Crippen LogP contribution in [0.1, 0.15) is 13.8 Å². The maximum Gasteiger partial charge on any atom is 0.320 e. The molecule has 5 amide bonds. The van der Waals surface area contributed by atoms with Crippen molar-refractivity contribution in [2.24, 2.45) is 0 Å². The molecule has 5 rings (SSSR count). The van der Waals surface area contributed by atoms with Crippen molar-refractivity contribution in [2.45, 2.75) is 25.9 Å². The summed E-state index contributed by atoms with van der Waals surface area (Å²) in [5.74, 6) is -0.994. The largest absolute Gasteiger partial charge is 0.497 e. The number of hydrogen-bond donors (Lipinski definition) is 2. The molecule has 11 heteroatoms. The number of methoxy groups -OCH3 is 1. The van der Waals surface area contributed by atoms with E-state index >= 15 is 0 Å². The van der Waals surface area contributed by atoms with Crippen molar-refractivity contribution in [2.75, 3.05) is 33.7 Å². The molecule has 2 heterocycles. The Hall–Kier alpha value is -5.71. The number of ether oxygens (including phenoxy) is 1. The SMILES string of the molecule is COc1ccc(N(C(=O)CN2C(=O)C(NC(=O)Nc3ccccc3)C(=O)N(c3ccccn3)c3ccccc32)C(C)C)cc1. The molecular formula is C33H32N6O5. The first-order chi connectivity index (χ1) is 21.3. The summed E-state index contributed by atoms with van der Waals surface area (Å²) in [4.78, 5) is 63.9. The van der Waals surface area contributed by atoms with Gasteiger partial charge in [-0.15, -0.1) is 0 Å². The minimum Gasteiger partial charge on any atom is -0.497 e. The van der Waals surface area contributed by atoms with Crippen LogP contribution < -0.4 is 30.1 Å². The van der Waals surface area contributed by atoms with E-state index in [0.29, 0.717) is 28.5 Å². The van der Waals surface area contributed by atoms with Gasteiger partial charge in [-0.2, -0.15) is 0 Å². The standard InChI is InChI=1S/C33H32N6O5/c1-22(2)38(24-16-18-25(44-3)19-17-24)29(40)21-37-26-13-7-8-14-27(26)39(28-15-9-10-20-34-28)32(42)30(31(37)41)36-33(43)35-23-11-5-4-6-12-23/h4-20,22,30H,21H2,1-3H3,(H2,35,36,43). The molecule has 224 valence electrons. The Morgan fingerprint density at radius 2 is 1.52 bits per heavy atom. The molecule has 0 bridgehead atoms. The van der Waals surface area contributed by atoms with E-state index in [9.17, 15) is 19.2 Å². The Morgan fingerprint density at radius 3 is 2.16 bits per heavy atom. The van der Waals surface area contributed by atoms with Crippen molar-refractivity contribution in [1.82, 2.24) is 10.3 Å². The zero-order chi connectivity index (χ0) is 31.2. The molecule has 1 aromatic heterocycles. The smallest absolute Gasteiger partial charge is 0.320 e. The molecule has 0 fully saturated rings. The van der Waals surface area contributed by atoms with Crippen LogP contribution in [0, 0.1) is 0 Å². The highest BCUT2D eigenvalue weighted by Crippen LogP contribution is 2.37. The van der Waals surface area contributed by atoms with E-state index in [-0.39, 0.29) is 17.8 Å². The number of anilines is 5. The maximum atomic E-state index is 14.3. The summed E-state index contributed by atoms with van der Waals surface area (Å²) in [6.07, 6.45) is 1.53. The first kappa shape index (κ1) is 29.8. The first-order valence-corrected chi connectivity index (χ1v) is 14.0. The molecule has 3 aromatic carbocycles. The third-order valence-electron chi connectivity index (χ3n) is 7.01. The fourth-order valence-electron chi connectivity index (χ4n) is 5.02. The van der Waals surface area contributed by atoms with Gasteiger partial charge in [0.05, 0.1) is 18.5 Å². The van der Waals surface area contributed by atoms with E-state index in [4.69, 9.17) is 4.74 Å². The molecule has 1 atom stereocenters. The number of hydrogen-bond acceptors (Lipinski definition) is 6. The number of benzene rings is 3. The monoisotopic (exact) mass is 592 g/mol. The molecule has 0 spiro atoms. The molecular weight excluding hydrogens is 560 g/mol. The second kappa shape index (κ2) is 13.1. The third-order valence-corrected chi connectivity index (χ3v) is 7.01. The van der Waals surface area contributed by atoms with Crippen molar-refractivity contribution >= 4 is 52.3 Å². The molecule has 2 N–H and O–H groups in total. The van der Waals surface area contributed by atoms with Gasteiger partial charge in [0, 0.05) is 23.6 Å². The summed E-state index contributed by atoms with van der Waals surface area (Å²) in [5, 5.41) is 5.20. The lowest BCUT2D eigenvalue weighted by molar-refractivity contribution is -0.129. The van der Waals surface area contributed by atoms with Gasteiger partial charge in [-0.25, -0.2) is 9.78 Å². The molecule has 0 aliphatic carbocycles. The maximum absolute atomic E-state index is 14.3. The molecule has 0 radical (unpaired) electrons. The van der Waals surface area contributed by atoms with Gasteiger partial charge in [0.2, 0.25) is 5.91 Å². The number of nitrogens with one attached hydrogen (secondary N) is 2. The first-order valence-electron chi connectivity index (χ1n) is 14.0. The van der Waals surface area contributed by atoms with Gasteiger partial charge in [0.15, 0.2) is 6.04 Å². The number of aromatic nitrogens is 1. The van der Waals surface area contributed by atoms with Crippen LogP contribution in [-0.2, 0) is 14.4 Å². The number of rotatable bonds is 8. The van der Waals surface area contributed by atoms with Gasteiger partial charge in [-0.3, -0.25) is 24.2 Å². The Balaban J connectivity index is 1.55. The van der Waals surface area contributed by atoms with Crippen molar-refractivity contribution in [3.63, 3.8) is 0 Å². The van der Waals surface area contributed by atoms with Gasteiger partial charge in [-0.05, 0) is 74.5 Å². The molecule has 1 aliphatic heterocycles. The molecule has 11 nitrogen and oxygen atoms in total. The number of nitrogens with zero attached hydrogens (tertiary/aromatic N) is 4. The number of urea groups is 1. The van der Waals surface area contributed by atoms with E-state index in [2.05, 4.69) is 15.6 Å². The third kappa shape index (κ3) is 6.21. The molecule has 1 unspecified atom stereocenters. The van der Waals surface area contributed by atoms with Crippen LogP contribution in [0.15, 0.2) is 103 Å². The summed E-state index contributed by atoms with van der Waals surface area (Å²) in [5.41, 5.74) is 1.74. The van der Waals surface area contributed by atoms with Crippen LogP contribution >= 0.6 is 0 Å². The normalized spacial score (nSPS) is 14.5. The number of pyridine rings is 1. The van der Waals surface area contributed by atoms with E-state index in [1.54, 1.807) is 109 Å². The van der Waals surface area contributed by atoms with Crippen LogP contribution in [0.2, 0.25) is 0 Å². The van der Waals surface area contributed by atoms with Gasteiger partial charge in [0.1, 0.15) is 18.1 Å². The van der Waals surface area contributed by atoms with Crippen molar-refractivity contribution in [3.8, 4) is 5.75 Å². The number of carbonyl (C=O) groups excluding carboxylic acids is 4. The Bertz CT molecular complexity index is 1650. The number of fused-ring (bicyclic) bond motifs is 1. The average Bonchev–Trinajstić information content (AvgIpc) is 3.11. The highest BCUT2D eigenvalue weighted by Gasteiger charge is 2.43. The summed E-state index contributed by atoms with van der Waals surface area (Å²) in [6.45, 7) is 3.33. The van der Waals surface area contributed by atoms with Crippen LogP contribution in [0.25, 0.3) is 0 Å². The lowest BCUT2D eigenvalue weighted by atomic mass is 10.2. The van der Waals surface area contributed by atoms with Crippen LogP contribution in [-0.4, -0.2) is 54.5 Å². The molecule has 44 heavy (non-hydrogen) atoms. The lowest BCUT2D eigenvalue weighted by Crippen LogP contribution is -2.57. The van der Waals surface area contributed by atoms with Crippen molar-refractivity contribution in [3.05, 3.63) is 103 Å². The summed E-state index contributed by atoms with van der Waals surface area (Å²) >= 11 is 0. The van der Waals surface area contributed by atoms with Crippen LogP contribution in [0.3, 0.4) is 0 Å². The van der Waals surface area contributed by atoms with E-state index in [1.165, 1.54) is 16.0 Å². The summed E-state index contributed by atoms with van der Waals surface area (Å²) < 4.78 is 5.26. The number of amides is 5. The Morgan fingerprint density at radius 1 is 0.864 bits per heavy atom. The highest BCUT2D eigenvalue weighted by atomic mass is 16.5. The van der Waals surface area contributed by atoms with Gasteiger partial charge in [-0.1, -0.05) is 36.4 Å². The highest BCUT2D eigenvalue weighted by molar-refractivity contribution is 6.24. The van der Waals surface area contributed by atoms with Crippen molar-refractivity contribution < 1.29 is 23.9 Å². The van der Waals surface area contributed by atoms with E-state index in [1.807, 2.05) is 13.8 Å². The zero-order valence-electron chi connectivity index (χ0n) is 24.5. The zero-order valence-corrected chi connectivity index (χ0v) is 24.5. The van der Waals surface area contributed by atoms with E-state index in [0.717, 1.165) is 0 Å². The summed E-state index contributed by atoms with van der Waals surface area (Å²) in [7, 11) is 1.56. The molecule has 4 aromatic rings. The topological polar surface area (TPSA) is 124 Å². The number of para-hydroxylation sites is 3. The van der Waals surface area contributed by atoms with Gasteiger partial charge >= 0.3 is 6.03 Å². The average molecular weight is 593 g/mol. The predicted octanol–water partition coefficient (Wildman–Crippen LogP) is 4.73. The van der Waals surface area contributed by atoms with Crippen LogP contribution in [0.4, 0.5) is 33.4 Å². The number of carbonyl (C=O) groups is 4. The fourth-order valence-corrected chi connectivity index (χ4v) is 5.02. The van der Waals surface area contributed by atoms with E-state index < -0.39 is 30.4 Å². The van der Waals surface area contributed by atoms with Gasteiger partial charge < -0.3 is 20.3 Å². The summed E-state index contributed by atoms with van der Waals surface area (Å²) in [6, 6.07) is 24.8. The van der Waals surface area contributed by atoms with Crippen LogP contribution in [0.5, 0.6) is 5.75 Å². The fraction of sp³-hybridized carbons (Fsp3) is 0.182. The minimum atomic E-state index is -1.67. The second-order valence-electron chi connectivity index (χ2n) is 10.2. The Labute approximate surface area is 255 Å². The molecule has 0 saturated heterocycles. The Kier molecular flexibility index (Phi) is 8.85. The molecule has 0 saturated carbocycles. The predicted molar refractivity (Wildman–Crippen MR) is 168 cm³/mol. The van der Waals surface area contributed by atoms with Gasteiger partial charge in [0.25, 0.3) is 11.8 Å². The minimum absolute atomic E-state index is 0.253.